The van der Waals surface area contributed by atoms with Crippen LogP contribution in [0.5, 0.6) is 0 Å². The lowest BCUT2D eigenvalue weighted by Crippen LogP contribution is -2.31. The molecule has 0 aromatic carbocycles. The van der Waals surface area contributed by atoms with Crippen molar-refractivity contribution in [2.45, 2.75) is 34.6 Å². The predicted molar refractivity (Wildman–Crippen MR) is 93.8 cm³/mol. The van der Waals surface area contributed by atoms with Crippen LogP contribution in [0.25, 0.3) is 0 Å². The van der Waals surface area contributed by atoms with Crippen molar-refractivity contribution in [2.75, 3.05) is 26.4 Å². The number of carbonyl (C=O) groups excluding carboxylic acids is 3. The van der Waals surface area contributed by atoms with Crippen LogP contribution < -0.4 is 5.32 Å². The predicted octanol–water partition coefficient (Wildman–Crippen LogP) is 2.61. The van der Waals surface area contributed by atoms with Gasteiger partial charge in [-0.15, -0.1) is 0 Å². The molecule has 1 atom stereocenters. The summed E-state index contributed by atoms with van der Waals surface area (Å²) in [4.78, 5) is 34.4. The van der Waals surface area contributed by atoms with Crippen molar-refractivity contribution < 1.29 is 28.6 Å². The van der Waals surface area contributed by atoms with Crippen molar-refractivity contribution >= 4 is 18.0 Å². The van der Waals surface area contributed by atoms with E-state index in [4.69, 9.17) is 9.47 Å². The average molecular weight is 355 g/mol. The number of hydrogen-bond acceptors (Lipinski definition) is 6. The monoisotopic (exact) mass is 355 g/mol. The molecule has 0 bridgehead atoms. The number of rotatable bonds is 9. The molecule has 7 nitrogen and oxygen atoms in total. The molecule has 0 rings (SSSR count). The minimum absolute atomic E-state index is 0.0188. The normalized spacial score (nSPS) is 11.7. The Morgan fingerprint density at radius 1 is 1.04 bits per heavy atom. The van der Waals surface area contributed by atoms with Crippen molar-refractivity contribution in [2.24, 2.45) is 11.3 Å². The molecule has 1 amide bonds. The first-order chi connectivity index (χ1) is 11.6. The standard InChI is InChI=1S/C18H29NO6/c1-7-15(20)23-9-8-19-17(22)25-11-10-24-16(21)14(12-13(2)3)18(4,5)6/h7,12,14H,1,8-11H2,2-6H3,(H,19,22). The highest BCUT2D eigenvalue weighted by molar-refractivity contribution is 5.81. The minimum atomic E-state index is -0.678. The Morgan fingerprint density at radius 3 is 2.16 bits per heavy atom. The fourth-order valence-corrected chi connectivity index (χ4v) is 1.79. The first-order valence-corrected chi connectivity index (χ1v) is 8.09. The van der Waals surface area contributed by atoms with Gasteiger partial charge >= 0.3 is 18.0 Å². The summed E-state index contributed by atoms with van der Waals surface area (Å²) < 4.78 is 14.7. The van der Waals surface area contributed by atoms with E-state index < -0.39 is 12.1 Å². The highest BCUT2D eigenvalue weighted by Gasteiger charge is 2.30. The molecule has 0 saturated heterocycles. The summed E-state index contributed by atoms with van der Waals surface area (Å²) in [6, 6.07) is 0. The van der Waals surface area contributed by atoms with Crippen molar-refractivity contribution in [3.63, 3.8) is 0 Å². The summed E-state index contributed by atoms with van der Waals surface area (Å²) >= 11 is 0. The van der Waals surface area contributed by atoms with E-state index in [-0.39, 0.29) is 43.7 Å². The number of alkyl carbamates (subject to hydrolysis) is 1. The Hall–Kier alpha value is -2.31. The third-order valence-electron chi connectivity index (χ3n) is 3.03. The van der Waals surface area contributed by atoms with Gasteiger partial charge in [0.25, 0.3) is 0 Å². The van der Waals surface area contributed by atoms with E-state index in [0.29, 0.717) is 0 Å². The fourth-order valence-electron chi connectivity index (χ4n) is 1.79. The van der Waals surface area contributed by atoms with E-state index in [9.17, 15) is 14.4 Å². The molecule has 0 aromatic rings. The molecule has 142 valence electrons. The maximum Gasteiger partial charge on any atom is 0.407 e. The van der Waals surface area contributed by atoms with Gasteiger partial charge in [0.15, 0.2) is 0 Å². The summed E-state index contributed by atoms with van der Waals surface area (Å²) in [5, 5.41) is 2.40. The quantitative estimate of drug-likeness (QED) is 0.225. The van der Waals surface area contributed by atoms with Crippen LogP contribution in [-0.4, -0.2) is 44.4 Å². The Labute approximate surface area is 149 Å². The SMILES string of the molecule is C=CC(=O)OCCNC(=O)OCCOC(=O)C(C=C(C)C)C(C)(C)C. The molecule has 1 unspecified atom stereocenters. The van der Waals surface area contributed by atoms with Gasteiger partial charge in [-0.1, -0.05) is 39.0 Å². The van der Waals surface area contributed by atoms with Crippen molar-refractivity contribution in [3.8, 4) is 0 Å². The number of hydrogen-bond donors (Lipinski definition) is 1. The molecular formula is C18H29NO6. The molecule has 0 fully saturated rings. The molecule has 0 radical (unpaired) electrons. The minimum Gasteiger partial charge on any atom is -0.462 e. The lowest BCUT2D eigenvalue weighted by Gasteiger charge is -2.26. The lowest BCUT2D eigenvalue weighted by atomic mass is 9.80. The van der Waals surface area contributed by atoms with Crippen LogP contribution in [0.2, 0.25) is 0 Å². The number of amides is 1. The summed E-state index contributed by atoms with van der Waals surface area (Å²) in [7, 11) is 0. The van der Waals surface area contributed by atoms with E-state index in [1.54, 1.807) is 0 Å². The topological polar surface area (TPSA) is 90.9 Å². The van der Waals surface area contributed by atoms with E-state index in [2.05, 4.69) is 16.6 Å². The van der Waals surface area contributed by atoms with Gasteiger partial charge in [-0.05, 0) is 19.3 Å². The molecule has 0 aliphatic rings. The molecular weight excluding hydrogens is 326 g/mol. The van der Waals surface area contributed by atoms with Crippen LogP contribution in [0.1, 0.15) is 34.6 Å². The zero-order valence-corrected chi connectivity index (χ0v) is 15.7. The average Bonchev–Trinajstić information content (AvgIpc) is 2.51. The second-order valence-corrected chi connectivity index (χ2v) is 6.69. The number of nitrogens with one attached hydrogen (secondary N) is 1. The van der Waals surface area contributed by atoms with Gasteiger partial charge < -0.3 is 19.5 Å². The van der Waals surface area contributed by atoms with Crippen LogP contribution >= 0.6 is 0 Å². The Morgan fingerprint density at radius 2 is 1.64 bits per heavy atom. The zero-order chi connectivity index (χ0) is 19.5. The van der Waals surface area contributed by atoms with Crippen molar-refractivity contribution in [1.82, 2.24) is 5.32 Å². The van der Waals surface area contributed by atoms with Gasteiger partial charge in [0.2, 0.25) is 0 Å². The Balaban J connectivity index is 4.07. The first-order valence-electron chi connectivity index (χ1n) is 8.09. The lowest BCUT2D eigenvalue weighted by molar-refractivity contribution is -0.151. The molecule has 0 aliphatic carbocycles. The van der Waals surface area contributed by atoms with E-state index in [1.807, 2.05) is 40.7 Å². The third-order valence-corrected chi connectivity index (χ3v) is 3.03. The maximum atomic E-state index is 12.2. The van der Waals surface area contributed by atoms with Crippen LogP contribution in [0.3, 0.4) is 0 Å². The van der Waals surface area contributed by atoms with Gasteiger partial charge in [-0.25, -0.2) is 9.59 Å². The molecule has 7 heteroatoms. The molecule has 0 saturated carbocycles. The van der Waals surface area contributed by atoms with Crippen LogP contribution in [0.15, 0.2) is 24.3 Å². The highest BCUT2D eigenvalue weighted by atomic mass is 16.6. The molecule has 0 aliphatic heterocycles. The summed E-state index contributed by atoms with van der Waals surface area (Å²) in [5.41, 5.74) is 0.764. The molecule has 0 aromatic heterocycles. The number of esters is 2. The third kappa shape index (κ3) is 11.0. The van der Waals surface area contributed by atoms with Gasteiger partial charge in [-0.3, -0.25) is 4.79 Å². The number of carbonyl (C=O) groups is 3. The smallest absolute Gasteiger partial charge is 0.407 e. The zero-order valence-electron chi connectivity index (χ0n) is 15.7. The number of ether oxygens (including phenoxy) is 3. The molecule has 0 spiro atoms. The van der Waals surface area contributed by atoms with Crippen LogP contribution in [-0.2, 0) is 23.8 Å². The van der Waals surface area contributed by atoms with E-state index in [0.717, 1.165) is 11.6 Å². The highest BCUT2D eigenvalue weighted by Crippen LogP contribution is 2.29. The summed E-state index contributed by atoms with van der Waals surface area (Å²) in [5.74, 6) is -1.29. The number of allylic oxidation sites excluding steroid dienone is 1. The summed E-state index contributed by atoms with van der Waals surface area (Å²) in [6.07, 6.45) is 2.23. The first kappa shape index (κ1) is 22.7. The largest absolute Gasteiger partial charge is 0.462 e. The molecule has 25 heavy (non-hydrogen) atoms. The van der Waals surface area contributed by atoms with Gasteiger partial charge in [0.1, 0.15) is 19.8 Å². The van der Waals surface area contributed by atoms with Crippen LogP contribution in [0.4, 0.5) is 4.79 Å². The van der Waals surface area contributed by atoms with Crippen molar-refractivity contribution in [3.05, 3.63) is 24.3 Å². The van der Waals surface area contributed by atoms with Crippen molar-refractivity contribution in [1.29, 1.82) is 0 Å². The van der Waals surface area contributed by atoms with Gasteiger partial charge in [0, 0.05) is 6.08 Å². The van der Waals surface area contributed by atoms with Crippen LogP contribution in [0, 0.1) is 11.3 Å². The second kappa shape index (κ2) is 11.3. The molecule has 1 N–H and O–H groups in total. The van der Waals surface area contributed by atoms with E-state index >= 15 is 0 Å². The van der Waals surface area contributed by atoms with E-state index in [1.165, 1.54) is 0 Å². The maximum absolute atomic E-state index is 12.2. The fraction of sp³-hybridized carbons (Fsp3) is 0.611. The van der Waals surface area contributed by atoms with Gasteiger partial charge in [-0.2, -0.15) is 0 Å². The second-order valence-electron chi connectivity index (χ2n) is 6.69. The summed E-state index contributed by atoms with van der Waals surface area (Å²) in [6.45, 7) is 13.0. The Kier molecular flexibility index (Phi) is 10.2. The Bertz CT molecular complexity index is 500. The van der Waals surface area contributed by atoms with Gasteiger partial charge in [0.05, 0.1) is 12.5 Å². The molecule has 0 heterocycles.